The summed E-state index contributed by atoms with van der Waals surface area (Å²) in [6.07, 6.45) is 5.40. The summed E-state index contributed by atoms with van der Waals surface area (Å²) in [6.45, 7) is 19.5. The van der Waals surface area contributed by atoms with Crippen LogP contribution in [0.1, 0.15) is 113 Å². The minimum Gasteiger partial charge on any atom is -0.425 e. The minimum atomic E-state index is 0. The summed E-state index contributed by atoms with van der Waals surface area (Å²) >= 11 is 0. The average molecular weight is 506 g/mol. The zero-order chi connectivity index (χ0) is 22.8. The van der Waals surface area contributed by atoms with Crippen LogP contribution in [0.25, 0.3) is 0 Å². The van der Waals surface area contributed by atoms with Crippen molar-refractivity contribution in [1.29, 1.82) is 0 Å². The normalized spacial score (nSPS) is 14.7. The molecular weight excluding hydrogens is 459 g/mol. The number of nitrogens with one attached hydrogen (secondary N) is 1. The maximum Gasteiger partial charge on any atom is 0.0630 e. The Kier molecular flexibility index (Phi) is 15.1. The van der Waals surface area contributed by atoms with E-state index in [0.29, 0.717) is 11.8 Å². The predicted molar refractivity (Wildman–Crippen MR) is 128 cm³/mol. The summed E-state index contributed by atoms with van der Waals surface area (Å²) in [4.78, 5) is 0. The van der Waals surface area contributed by atoms with Crippen LogP contribution in [0.5, 0.6) is 0 Å². The van der Waals surface area contributed by atoms with Crippen LogP contribution in [0.2, 0.25) is 0 Å². The standard InChI is InChI=1S/C10H15N2.C9H16N2.C4H9N.C2H6.Y/c1-7(2)10-6-9(8-4-5-8)11-12(10)3;1-6(2)9-7(3)10-11(5)8(9)4;1-2-4-5-3-1;1-2;/h7-8H,4-5H2,1-3H3;6H,1-5H3;5H,1-4H2;1-2H3;/q-1;;;;. The van der Waals surface area contributed by atoms with E-state index in [2.05, 4.69) is 63.1 Å². The molecule has 1 aliphatic carbocycles. The number of aromatic nitrogens is 4. The van der Waals surface area contributed by atoms with Crippen LogP contribution in [0.15, 0.2) is 0 Å². The molecule has 2 aromatic heterocycles. The van der Waals surface area contributed by atoms with Gasteiger partial charge in [-0.05, 0) is 75.9 Å². The largest absolute Gasteiger partial charge is 0.425 e. The van der Waals surface area contributed by atoms with Crippen LogP contribution in [0.4, 0.5) is 0 Å². The van der Waals surface area contributed by atoms with Crippen molar-refractivity contribution in [1.82, 2.24) is 24.9 Å². The van der Waals surface area contributed by atoms with Gasteiger partial charge in [0.05, 0.1) is 5.69 Å². The van der Waals surface area contributed by atoms with E-state index in [-0.39, 0.29) is 32.7 Å². The molecule has 31 heavy (non-hydrogen) atoms. The Morgan fingerprint density at radius 2 is 1.45 bits per heavy atom. The molecule has 175 valence electrons. The zero-order valence-corrected chi connectivity index (χ0v) is 24.7. The molecule has 2 fully saturated rings. The maximum absolute atomic E-state index is 4.46. The van der Waals surface area contributed by atoms with E-state index in [4.69, 9.17) is 0 Å². The molecule has 4 rings (SSSR count). The quantitative estimate of drug-likeness (QED) is 0.539. The molecule has 0 bridgehead atoms. The summed E-state index contributed by atoms with van der Waals surface area (Å²) in [5.41, 5.74) is 6.27. The zero-order valence-electron chi connectivity index (χ0n) is 21.8. The molecule has 1 saturated carbocycles. The van der Waals surface area contributed by atoms with Crippen molar-refractivity contribution >= 4 is 0 Å². The molecule has 0 atom stereocenters. The van der Waals surface area contributed by atoms with E-state index in [1.165, 1.54) is 67.1 Å². The fraction of sp³-hybridized carbons (Fsp3) is 0.760. The van der Waals surface area contributed by atoms with E-state index in [0.717, 1.165) is 5.92 Å². The first-order chi connectivity index (χ1) is 14.2. The van der Waals surface area contributed by atoms with Gasteiger partial charge in [-0.3, -0.25) is 4.68 Å². The van der Waals surface area contributed by atoms with Crippen LogP contribution in [-0.2, 0) is 46.8 Å². The molecule has 0 amide bonds. The van der Waals surface area contributed by atoms with Gasteiger partial charge in [0.2, 0.25) is 0 Å². The molecule has 2 aromatic rings. The first-order valence-corrected chi connectivity index (χ1v) is 11.9. The van der Waals surface area contributed by atoms with Crippen LogP contribution < -0.4 is 5.32 Å². The summed E-state index contributed by atoms with van der Waals surface area (Å²) < 4.78 is 3.92. The predicted octanol–water partition coefficient (Wildman–Crippen LogP) is 5.77. The van der Waals surface area contributed by atoms with Crippen molar-refractivity contribution < 1.29 is 32.7 Å². The molecule has 0 unspecified atom stereocenters. The number of aryl methyl sites for hydroxylation is 3. The van der Waals surface area contributed by atoms with Gasteiger partial charge in [-0.15, -0.1) is 11.4 Å². The van der Waals surface area contributed by atoms with E-state index in [9.17, 15) is 0 Å². The summed E-state index contributed by atoms with van der Waals surface area (Å²) in [7, 11) is 4.01. The Labute approximate surface area is 217 Å². The van der Waals surface area contributed by atoms with Crippen LogP contribution >= 0.6 is 0 Å². The van der Waals surface area contributed by atoms with Gasteiger partial charge >= 0.3 is 0 Å². The third-order valence-corrected chi connectivity index (χ3v) is 5.47. The van der Waals surface area contributed by atoms with Crippen LogP contribution in [-0.4, -0.2) is 32.7 Å². The van der Waals surface area contributed by atoms with Crippen molar-refractivity contribution in [3.05, 3.63) is 34.4 Å². The third-order valence-electron chi connectivity index (χ3n) is 5.47. The molecule has 1 aliphatic heterocycles. The van der Waals surface area contributed by atoms with Gasteiger partial charge < -0.3 is 16.1 Å². The molecule has 0 aromatic carbocycles. The van der Waals surface area contributed by atoms with E-state index in [1.54, 1.807) is 0 Å². The van der Waals surface area contributed by atoms with Crippen molar-refractivity contribution in [3.63, 3.8) is 0 Å². The second-order valence-corrected chi connectivity index (χ2v) is 8.77. The molecule has 2 aliphatic rings. The van der Waals surface area contributed by atoms with Crippen LogP contribution in [0, 0.1) is 19.9 Å². The van der Waals surface area contributed by atoms with Gasteiger partial charge in [0, 0.05) is 52.5 Å². The fourth-order valence-electron chi connectivity index (χ4n) is 3.76. The third kappa shape index (κ3) is 9.88. The molecule has 6 heteroatoms. The van der Waals surface area contributed by atoms with Crippen LogP contribution in [0.3, 0.4) is 0 Å². The van der Waals surface area contributed by atoms with Gasteiger partial charge in [-0.1, -0.05) is 41.5 Å². The Morgan fingerprint density at radius 3 is 1.71 bits per heavy atom. The number of hydrogen-bond acceptors (Lipinski definition) is 3. The summed E-state index contributed by atoms with van der Waals surface area (Å²) in [5, 5.41) is 12.0. The van der Waals surface area contributed by atoms with Gasteiger partial charge in [0.15, 0.2) is 0 Å². The first kappa shape index (κ1) is 30.5. The summed E-state index contributed by atoms with van der Waals surface area (Å²) in [5.74, 6) is 1.85. The van der Waals surface area contributed by atoms with E-state index < -0.39 is 0 Å². The summed E-state index contributed by atoms with van der Waals surface area (Å²) in [6, 6.07) is 3.39. The Morgan fingerprint density at radius 1 is 0.903 bits per heavy atom. The Bertz CT molecular complexity index is 730. The average Bonchev–Trinajstić information content (AvgIpc) is 3.09. The number of hydrogen-bond donors (Lipinski definition) is 1. The maximum atomic E-state index is 4.46. The molecule has 3 heterocycles. The molecular formula is C25H46N5Y-. The monoisotopic (exact) mass is 505 g/mol. The molecule has 5 nitrogen and oxygen atoms in total. The van der Waals surface area contributed by atoms with Crippen molar-refractivity contribution in [2.75, 3.05) is 13.1 Å². The van der Waals surface area contributed by atoms with Gasteiger partial charge in [0.25, 0.3) is 0 Å². The van der Waals surface area contributed by atoms with Crippen molar-refractivity contribution in [3.8, 4) is 0 Å². The van der Waals surface area contributed by atoms with Gasteiger partial charge in [-0.25, -0.2) is 5.10 Å². The molecule has 1 saturated heterocycles. The smallest absolute Gasteiger partial charge is 0.0630 e. The van der Waals surface area contributed by atoms with Crippen molar-refractivity contribution in [2.45, 2.75) is 98.8 Å². The van der Waals surface area contributed by atoms with Gasteiger partial charge in [-0.2, -0.15) is 5.10 Å². The minimum absolute atomic E-state index is 0. The topological polar surface area (TPSA) is 47.7 Å². The number of rotatable bonds is 3. The molecule has 1 radical (unpaired) electrons. The van der Waals surface area contributed by atoms with E-state index >= 15 is 0 Å². The van der Waals surface area contributed by atoms with Gasteiger partial charge in [0.1, 0.15) is 0 Å². The van der Waals surface area contributed by atoms with E-state index in [1.807, 2.05) is 37.3 Å². The van der Waals surface area contributed by atoms with Crippen molar-refractivity contribution in [2.24, 2.45) is 14.1 Å². The first-order valence-electron chi connectivity index (χ1n) is 11.9. The fourth-order valence-corrected chi connectivity index (χ4v) is 3.76. The Balaban J connectivity index is 0.000000438. The molecule has 1 N–H and O–H groups in total. The molecule has 0 spiro atoms. The second-order valence-electron chi connectivity index (χ2n) is 8.77. The Hall–Kier alpha value is -0.516. The number of nitrogens with zero attached hydrogens (tertiary/aromatic N) is 4. The second kappa shape index (κ2) is 15.3. The SMILES string of the molecule is C1CCNC1.CC.CC(C)c1[c-]c(C2CC2)nn1C.Cc1nn(C)c(C)c1C(C)C.[Y].